The van der Waals surface area contributed by atoms with Crippen LogP contribution >= 0.6 is 0 Å². The molecule has 0 radical (unpaired) electrons. The van der Waals surface area contributed by atoms with Gasteiger partial charge < -0.3 is 15.3 Å². The summed E-state index contributed by atoms with van der Waals surface area (Å²) in [6.45, 7) is 0.372. The molecule has 1 aliphatic rings. The van der Waals surface area contributed by atoms with Crippen molar-refractivity contribution in [2.45, 2.75) is 31.1 Å². The van der Waals surface area contributed by atoms with Crippen LogP contribution in [0.1, 0.15) is 52.0 Å². The van der Waals surface area contributed by atoms with Crippen LogP contribution in [-0.2, 0) is 11.0 Å². The molecule has 2 atom stereocenters. The Kier molecular flexibility index (Phi) is 6.77. The highest BCUT2D eigenvalue weighted by molar-refractivity contribution is 5.88. The summed E-state index contributed by atoms with van der Waals surface area (Å²) in [6, 6.07) is 14.6. The van der Waals surface area contributed by atoms with Crippen molar-refractivity contribution in [2.24, 2.45) is 0 Å². The van der Waals surface area contributed by atoms with Gasteiger partial charge in [0.15, 0.2) is 0 Å². The Morgan fingerprint density at radius 3 is 2.37 bits per heavy atom. The predicted molar refractivity (Wildman–Crippen MR) is 121 cm³/mol. The fraction of sp³-hybridized carbons (Fsp3) is 0.231. The molecule has 35 heavy (non-hydrogen) atoms. The number of carbonyl (C=O) groups excluding carboxylic acids is 1. The molecule has 0 aliphatic carbocycles. The van der Waals surface area contributed by atoms with E-state index in [2.05, 4.69) is 5.32 Å². The van der Waals surface area contributed by atoms with Gasteiger partial charge in [-0.25, -0.2) is 9.18 Å². The van der Waals surface area contributed by atoms with Crippen LogP contribution in [0.4, 0.5) is 23.2 Å². The lowest BCUT2D eigenvalue weighted by Crippen LogP contribution is -2.38. The Bertz CT molecular complexity index is 1230. The van der Waals surface area contributed by atoms with Gasteiger partial charge in [-0.1, -0.05) is 36.4 Å². The molecule has 5 nitrogen and oxygen atoms in total. The number of nitrogens with one attached hydrogen (secondary N) is 1. The van der Waals surface area contributed by atoms with Gasteiger partial charge in [0.25, 0.3) is 0 Å². The third-order valence-corrected chi connectivity index (χ3v) is 6.05. The van der Waals surface area contributed by atoms with Gasteiger partial charge in [0.2, 0.25) is 5.91 Å². The first kappa shape index (κ1) is 24.3. The zero-order chi connectivity index (χ0) is 25.2. The van der Waals surface area contributed by atoms with Crippen molar-refractivity contribution in [1.29, 1.82) is 0 Å². The first-order valence-corrected chi connectivity index (χ1v) is 11.0. The van der Waals surface area contributed by atoms with Crippen molar-refractivity contribution < 1.29 is 32.3 Å². The number of rotatable bonds is 6. The number of hydrogen-bond donors (Lipinski definition) is 2. The molecule has 0 bridgehead atoms. The largest absolute Gasteiger partial charge is 0.478 e. The maximum atomic E-state index is 14.4. The molecule has 3 aromatic carbocycles. The molecular weight excluding hydrogens is 464 g/mol. The van der Waals surface area contributed by atoms with E-state index in [1.54, 1.807) is 23.1 Å². The van der Waals surface area contributed by atoms with Gasteiger partial charge in [-0.05, 0) is 60.4 Å². The lowest BCUT2D eigenvalue weighted by molar-refractivity contribution is -0.137. The number of aromatic carboxylic acids is 1. The quantitative estimate of drug-likeness (QED) is 0.416. The normalized spacial score (nSPS) is 16.7. The number of nitrogens with zero attached hydrogens (tertiary/aromatic N) is 1. The summed E-state index contributed by atoms with van der Waals surface area (Å²) < 4.78 is 53.6. The van der Waals surface area contributed by atoms with Gasteiger partial charge in [-0.3, -0.25) is 4.79 Å². The van der Waals surface area contributed by atoms with Crippen molar-refractivity contribution in [3.63, 3.8) is 0 Å². The Hall–Kier alpha value is -3.88. The summed E-state index contributed by atoms with van der Waals surface area (Å²) in [5.74, 6) is -2.15. The van der Waals surface area contributed by atoms with E-state index < -0.39 is 41.5 Å². The molecule has 182 valence electrons. The number of halogens is 4. The minimum Gasteiger partial charge on any atom is -0.478 e. The minimum absolute atomic E-state index is 0.0365. The van der Waals surface area contributed by atoms with E-state index in [4.69, 9.17) is 0 Å². The van der Waals surface area contributed by atoms with Crippen LogP contribution < -0.4 is 5.32 Å². The molecule has 0 saturated carbocycles. The van der Waals surface area contributed by atoms with E-state index in [1.807, 2.05) is 0 Å². The number of likely N-dealkylation sites (tertiary alicyclic amines) is 1. The molecule has 1 aliphatic heterocycles. The Morgan fingerprint density at radius 1 is 1.00 bits per heavy atom. The van der Waals surface area contributed by atoms with Crippen molar-refractivity contribution >= 4 is 17.6 Å². The molecule has 9 heteroatoms. The highest BCUT2D eigenvalue weighted by atomic mass is 19.4. The van der Waals surface area contributed by atoms with Gasteiger partial charge in [-0.2, -0.15) is 13.2 Å². The maximum absolute atomic E-state index is 14.4. The Morgan fingerprint density at radius 2 is 1.71 bits per heavy atom. The van der Waals surface area contributed by atoms with Crippen molar-refractivity contribution in [3.05, 3.63) is 101 Å². The van der Waals surface area contributed by atoms with Crippen molar-refractivity contribution in [1.82, 2.24) is 4.90 Å². The molecule has 1 heterocycles. The van der Waals surface area contributed by atoms with Crippen molar-refractivity contribution in [3.8, 4) is 0 Å². The fourth-order valence-electron chi connectivity index (χ4n) is 4.31. The first-order chi connectivity index (χ1) is 16.6. The molecule has 0 aromatic heterocycles. The topological polar surface area (TPSA) is 69.6 Å². The molecular formula is C26H22F4N2O3. The van der Waals surface area contributed by atoms with Gasteiger partial charge in [0.05, 0.1) is 22.9 Å². The highest BCUT2D eigenvalue weighted by Crippen LogP contribution is 2.36. The zero-order valence-corrected chi connectivity index (χ0v) is 18.4. The maximum Gasteiger partial charge on any atom is 0.416 e. The lowest BCUT2D eigenvalue weighted by Gasteiger charge is -2.30. The summed E-state index contributed by atoms with van der Waals surface area (Å²) in [4.78, 5) is 26.7. The predicted octanol–water partition coefficient (Wildman–Crippen LogP) is 6.06. The second-order valence-corrected chi connectivity index (χ2v) is 8.30. The van der Waals surface area contributed by atoms with Crippen LogP contribution in [-0.4, -0.2) is 28.4 Å². The van der Waals surface area contributed by atoms with Gasteiger partial charge in [-0.15, -0.1) is 0 Å². The standard InChI is InChI=1S/C26H22F4N2O3/c27-20-7-1-2-8-21(20)31-23(16-10-12-19(13-11-16)26(28,29)30)24(33)32-14-4-9-22(32)17-5-3-6-18(15-17)25(34)35/h1-3,5-8,10-13,15,22-23,31H,4,9,14H2,(H,34,35)/t22-,23-/m0/s1. The summed E-state index contributed by atoms with van der Waals surface area (Å²) in [6.07, 6.45) is -3.28. The van der Waals surface area contributed by atoms with E-state index in [-0.39, 0.29) is 16.8 Å². The Labute approximate surface area is 199 Å². The second kappa shape index (κ2) is 9.77. The molecule has 4 rings (SSSR count). The summed E-state index contributed by atoms with van der Waals surface area (Å²) >= 11 is 0. The van der Waals surface area contributed by atoms with E-state index in [1.165, 1.54) is 42.5 Å². The van der Waals surface area contributed by atoms with Gasteiger partial charge in [0, 0.05) is 6.54 Å². The summed E-state index contributed by atoms with van der Waals surface area (Å²) in [5.41, 5.74) is 0.159. The molecule has 2 N–H and O–H groups in total. The number of alkyl halides is 3. The zero-order valence-electron chi connectivity index (χ0n) is 18.4. The monoisotopic (exact) mass is 486 g/mol. The smallest absolute Gasteiger partial charge is 0.416 e. The number of hydrogen-bond acceptors (Lipinski definition) is 3. The minimum atomic E-state index is -4.54. The number of para-hydroxylation sites is 1. The molecule has 0 unspecified atom stereocenters. The van der Waals surface area contributed by atoms with Crippen LogP contribution in [0, 0.1) is 5.82 Å². The van der Waals surface area contributed by atoms with Crippen LogP contribution in [0.25, 0.3) is 0 Å². The van der Waals surface area contributed by atoms with Gasteiger partial charge in [0.1, 0.15) is 11.9 Å². The average Bonchev–Trinajstić information content (AvgIpc) is 3.33. The number of carbonyl (C=O) groups is 2. The van der Waals surface area contributed by atoms with E-state index in [0.717, 1.165) is 12.1 Å². The van der Waals surface area contributed by atoms with Gasteiger partial charge >= 0.3 is 12.1 Å². The average molecular weight is 486 g/mol. The highest BCUT2D eigenvalue weighted by Gasteiger charge is 2.36. The fourth-order valence-corrected chi connectivity index (χ4v) is 4.31. The second-order valence-electron chi connectivity index (χ2n) is 8.30. The van der Waals surface area contributed by atoms with Crippen LogP contribution in [0.15, 0.2) is 72.8 Å². The molecule has 1 amide bonds. The third-order valence-electron chi connectivity index (χ3n) is 6.05. The third kappa shape index (κ3) is 5.29. The summed E-state index contributed by atoms with van der Waals surface area (Å²) in [7, 11) is 0. The number of carboxylic acids is 1. The number of carboxylic acid groups (broad SMARTS) is 1. The van der Waals surface area contributed by atoms with Crippen LogP contribution in [0.2, 0.25) is 0 Å². The van der Waals surface area contributed by atoms with Crippen LogP contribution in [0.5, 0.6) is 0 Å². The van der Waals surface area contributed by atoms with E-state index in [9.17, 15) is 32.3 Å². The molecule has 0 spiro atoms. The van der Waals surface area contributed by atoms with E-state index >= 15 is 0 Å². The lowest BCUT2D eigenvalue weighted by atomic mass is 9.99. The molecule has 1 saturated heterocycles. The SMILES string of the molecule is O=C(O)c1cccc([C@@H]2CCCN2C(=O)[C@@H](Nc2ccccc2F)c2ccc(C(F)(F)F)cc2)c1. The number of benzene rings is 3. The molecule has 3 aromatic rings. The molecule has 1 fully saturated rings. The summed E-state index contributed by atoms with van der Waals surface area (Å²) in [5, 5.41) is 12.2. The first-order valence-electron chi connectivity index (χ1n) is 11.0. The number of amides is 1. The van der Waals surface area contributed by atoms with Crippen molar-refractivity contribution in [2.75, 3.05) is 11.9 Å². The van der Waals surface area contributed by atoms with E-state index in [0.29, 0.717) is 24.9 Å². The van der Waals surface area contributed by atoms with Crippen LogP contribution in [0.3, 0.4) is 0 Å². The number of anilines is 1. The Balaban J connectivity index is 1.69.